The summed E-state index contributed by atoms with van der Waals surface area (Å²) in [5.74, 6) is -0.218. The zero-order valence-corrected chi connectivity index (χ0v) is 7.12. The highest BCUT2D eigenvalue weighted by Gasteiger charge is 2.24. The molecule has 1 atom stereocenters. The first-order valence-electron chi connectivity index (χ1n) is 4.20. The number of aromatic amines is 1. The lowest BCUT2D eigenvalue weighted by molar-refractivity contribution is 0.0999. The van der Waals surface area contributed by atoms with Gasteiger partial charge in [-0.3, -0.25) is 9.89 Å². The van der Waals surface area contributed by atoms with Gasteiger partial charge in [-0.05, 0) is 6.42 Å². The maximum absolute atomic E-state index is 11.0. The predicted octanol–water partition coefficient (Wildman–Crippen LogP) is 0.0125. The van der Waals surface area contributed by atoms with Crippen LogP contribution in [0.5, 0.6) is 0 Å². The molecule has 3 N–H and O–H groups in total. The quantitative estimate of drug-likeness (QED) is 0.674. The lowest BCUT2D eigenvalue weighted by atomic mass is 10.0. The molecule has 5 heteroatoms. The average molecular weight is 181 g/mol. The minimum absolute atomic E-state index is 0.216. The molecule has 0 aliphatic carbocycles. The predicted molar refractivity (Wildman–Crippen MR) is 45.3 cm³/mol. The van der Waals surface area contributed by atoms with Gasteiger partial charge in [-0.2, -0.15) is 5.10 Å². The summed E-state index contributed by atoms with van der Waals surface area (Å²) in [6.45, 7) is 1.36. The van der Waals surface area contributed by atoms with Crippen LogP contribution in [0.15, 0.2) is 6.20 Å². The molecule has 1 fully saturated rings. The van der Waals surface area contributed by atoms with Crippen LogP contribution in [0.2, 0.25) is 0 Å². The van der Waals surface area contributed by atoms with E-state index in [-0.39, 0.29) is 5.92 Å². The molecule has 1 saturated heterocycles. The molecule has 1 amide bonds. The fraction of sp³-hybridized carbons (Fsp3) is 0.500. The number of carbonyl (C=O) groups excluding carboxylic acids is 1. The second-order valence-electron chi connectivity index (χ2n) is 3.11. The van der Waals surface area contributed by atoms with E-state index in [1.54, 1.807) is 0 Å². The van der Waals surface area contributed by atoms with Crippen LogP contribution >= 0.6 is 0 Å². The van der Waals surface area contributed by atoms with Gasteiger partial charge in [-0.25, -0.2) is 0 Å². The Balaban J connectivity index is 2.28. The molecule has 1 aromatic rings. The Labute approximate surface area is 75.3 Å². The van der Waals surface area contributed by atoms with Gasteiger partial charge in [0.25, 0.3) is 5.91 Å². The molecule has 0 aromatic carbocycles. The van der Waals surface area contributed by atoms with Crippen molar-refractivity contribution in [3.63, 3.8) is 0 Å². The van der Waals surface area contributed by atoms with E-state index in [0.29, 0.717) is 12.2 Å². The van der Waals surface area contributed by atoms with Crippen molar-refractivity contribution in [3.8, 4) is 0 Å². The second kappa shape index (κ2) is 3.18. The minimum Gasteiger partial charge on any atom is -0.381 e. The smallest absolute Gasteiger partial charge is 0.252 e. The summed E-state index contributed by atoms with van der Waals surface area (Å²) >= 11 is 0. The van der Waals surface area contributed by atoms with Gasteiger partial charge < -0.3 is 10.5 Å². The van der Waals surface area contributed by atoms with Crippen molar-refractivity contribution >= 4 is 5.91 Å². The lowest BCUT2D eigenvalue weighted by Crippen LogP contribution is -2.14. The highest BCUT2D eigenvalue weighted by Crippen LogP contribution is 2.25. The van der Waals surface area contributed by atoms with E-state index in [9.17, 15) is 4.79 Å². The van der Waals surface area contributed by atoms with Gasteiger partial charge in [0.05, 0.1) is 17.9 Å². The second-order valence-corrected chi connectivity index (χ2v) is 3.11. The molecule has 1 aliphatic heterocycles. The van der Waals surface area contributed by atoms with Gasteiger partial charge >= 0.3 is 0 Å². The Bertz CT molecular complexity index is 315. The summed E-state index contributed by atoms with van der Waals surface area (Å²) in [4.78, 5) is 11.0. The first kappa shape index (κ1) is 8.25. The van der Waals surface area contributed by atoms with Crippen LogP contribution in [0, 0.1) is 0 Å². The summed E-state index contributed by atoms with van der Waals surface area (Å²) in [5, 5.41) is 6.66. The zero-order chi connectivity index (χ0) is 9.26. The number of hydrogen-bond acceptors (Lipinski definition) is 3. The largest absolute Gasteiger partial charge is 0.381 e. The normalized spacial score (nSPS) is 22.0. The Hall–Kier alpha value is -1.36. The number of primary amides is 1. The number of nitrogens with two attached hydrogens (primary N) is 1. The fourth-order valence-electron chi connectivity index (χ4n) is 1.56. The summed E-state index contributed by atoms with van der Waals surface area (Å²) in [6.07, 6.45) is 2.45. The molecule has 0 radical (unpaired) electrons. The highest BCUT2D eigenvalue weighted by atomic mass is 16.5. The molecule has 0 bridgehead atoms. The summed E-state index contributed by atoms with van der Waals surface area (Å²) in [7, 11) is 0. The van der Waals surface area contributed by atoms with E-state index in [2.05, 4.69) is 10.2 Å². The van der Waals surface area contributed by atoms with E-state index in [4.69, 9.17) is 10.5 Å². The lowest BCUT2D eigenvalue weighted by Gasteiger charge is -2.03. The standard InChI is InChI=1S/C8H11N3O2/c9-8(12)6-3-10-11-7(6)5-1-2-13-4-5/h3,5H,1-2,4H2,(H2,9,12)(H,10,11). The van der Waals surface area contributed by atoms with Crippen LogP contribution in [0.3, 0.4) is 0 Å². The van der Waals surface area contributed by atoms with Crippen molar-refractivity contribution in [2.45, 2.75) is 12.3 Å². The van der Waals surface area contributed by atoms with E-state index in [0.717, 1.165) is 18.7 Å². The van der Waals surface area contributed by atoms with Crippen molar-refractivity contribution < 1.29 is 9.53 Å². The minimum atomic E-state index is -0.435. The zero-order valence-electron chi connectivity index (χ0n) is 7.12. The SMILES string of the molecule is NC(=O)c1c[nH]nc1C1CCOC1. The number of ether oxygens (including phenoxy) is 1. The Morgan fingerprint density at radius 2 is 2.62 bits per heavy atom. The van der Waals surface area contributed by atoms with E-state index >= 15 is 0 Å². The third-order valence-corrected chi connectivity index (χ3v) is 2.25. The number of hydrogen-bond donors (Lipinski definition) is 2. The third-order valence-electron chi connectivity index (χ3n) is 2.25. The van der Waals surface area contributed by atoms with Gasteiger partial charge in [0, 0.05) is 18.7 Å². The first-order valence-corrected chi connectivity index (χ1v) is 4.20. The number of aromatic nitrogens is 2. The van der Waals surface area contributed by atoms with Gasteiger partial charge in [-0.1, -0.05) is 0 Å². The molecule has 1 aromatic heterocycles. The molecule has 13 heavy (non-hydrogen) atoms. The van der Waals surface area contributed by atoms with Gasteiger partial charge in [0.2, 0.25) is 0 Å². The van der Waals surface area contributed by atoms with Crippen molar-refractivity contribution in [2.24, 2.45) is 5.73 Å². The molecular weight excluding hydrogens is 170 g/mol. The third kappa shape index (κ3) is 1.42. The van der Waals surface area contributed by atoms with E-state index < -0.39 is 5.91 Å². The molecular formula is C8H11N3O2. The molecule has 1 aliphatic rings. The average Bonchev–Trinajstić information content (AvgIpc) is 2.74. The number of rotatable bonds is 2. The van der Waals surface area contributed by atoms with Crippen LogP contribution in [0.4, 0.5) is 0 Å². The topological polar surface area (TPSA) is 81.0 Å². The Morgan fingerprint density at radius 3 is 3.23 bits per heavy atom. The van der Waals surface area contributed by atoms with Crippen LogP contribution in [-0.4, -0.2) is 29.3 Å². The van der Waals surface area contributed by atoms with Crippen molar-refractivity contribution in [1.82, 2.24) is 10.2 Å². The van der Waals surface area contributed by atoms with Crippen molar-refractivity contribution in [3.05, 3.63) is 17.5 Å². The van der Waals surface area contributed by atoms with E-state index in [1.165, 1.54) is 6.20 Å². The maximum Gasteiger partial charge on any atom is 0.252 e. The van der Waals surface area contributed by atoms with Crippen LogP contribution in [0.1, 0.15) is 28.4 Å². The number of amides is 1. The van der Waals surface area contributed by atoms with Gasteiger partial charge in [0.1, 0.15) is 0 Å². The summed E-state index contributed by atoms with van der Waals surface area (Å²) < 4.78 is 5.21. The molecule has 0 saturated carbocycles. The highest BCUT2D eigenvalue weighted by molar-refractivity contribution is 5.93. The molecule has 2 rings (SSSR count). The number of H-pyrrole nitrogens is 1. The number of carbonyl (C=O) groups is 1. The monoisotopic (exact) mass is 181 g/mol. The maximum atomic E-state index is 11.0. The van der Waals surface area contributed by atoms with Crippen LogP contribution < -0.4 is 5.73 Å². The van der Waals surface area contributed by atoms with Crippen LogP contribution in [0.25, 0.3) is 0 Å². The van der Waals surface area contributed by atoms with Crippen LogP contribution in [-0.2, 0) is 4.74 Å². The summed E-state index contributed by atoms with van der Waals surface area (Å²) in [5.41, 5.74) is 6.41. The van der Waals surface area contributed by atoms with Gasteiger partial charge in [-0.15, -0.1) is 0 Å². The Kier molecular flexibility index (Phi) is 2.02. The number of nitrogens with zero attached hydrogens (tertiary/aromatic N) is 1. The molecule has 5 nitrogen and oxygen atoms in total. The fourth-order valence-corrected chi connectivity index (χ4v) is 1.56. The first-order chi connectivity index (χ1) is 6.29. The Morgan fingerprint density at radius 1 is 1.77 bits per heavy atom. The molecule has 0 spiro atoms. The van der Waals surface area contributed by atoms with E-state index in [1.807, 2.05) is 0 Å². The molecule has 1 unspecified atom stereocenters. The summed E-state index contributed by atoms with van der Waals surface area (Å²) in [6, 6.07) is 0. The molecule has 2 heterocycles. The van der Waals surface area contributed by atoms with Gasteiger partial charge in [0.15, 0.2) is 0 Å². The van der Waals surface area contributed by atoms with Crippen molar-refractivity contribution in [1.29, 1.82) is 0 Å². The number of nitrogens with one attached hydrogen (secondary N) is 1. The molecule has 70 valence electrons. The van der Waals surface area contributed by atoms with Crippen molar-refractivity contribution in [2.75, 3.05) is 13.2 Å².